The molecule has 0 radical (unpaired) electrons. The Kier molecular flexibility index (Phi) is 6.07. The van der Waals surface area contributed by atoms with Gasteiger partial charge in [0.25, 0.3) is 0 Å². The Hall–Kier alpha value is -1.05. The minimum atomic E-state index is -0.346. The quantitative estimate of drug-likeness (QED) is 0.263. The van der Waals surface area contributed by atoms with Gasteiger partial charge in [0.15, 0.2) is 0 Å². The summed E-state index contributed by atoms with van der Waals surface area (Å²) in [4.78, 5) is 10.7. The summed E-state index contributed by atoms with van der Waals surface area (Å²) in [6.07, 6.45) is 5.89. The molecule has 0 aliphatic heterocycles. The molecule has 0 aromatic carbocycles. The van der Waals surface area contributed by atoms with Crippen molar-refractivity contribution in [2.75, 3.05) is 0 Å². The van der Waals surface area contributed by atoms with Crippen LogP contribution in [0.4, 0.5) is 0 Å². The Morgan fingerprint density at radius 3 is 2.75 bits per heavy atom. The highest BCUT2D eigenvalue weighted by molar-refractivity contribution is 5.81. The summed E-state index contributed by atoms with van der Waals surface area (Å²) in [6, 6.07) is 0. The molecular formula is C10H16O2. The fourth-order valence-electron chi connectivity index (χ4n) is 0.855. The molecule has 0 fully saturated rings. The third-order valence-corrected chi connectivity index (χ3v) is 1.50. The maximum Gasteiger partial charge on any atom is 0.330 e. The van der Waals surface area contributed by atoms with Gasteiger partial charge in [-0.05, 0) is 26.2 Å². The molecule has 0 rings (SSSR count). The maximum atomic E-state index is 10.7. The first-order chi connectivity index (χ1) is 5.70. The van der Waals surface area contributed by atoms with Crippen LogP contribution in [0.1, 0.15) is 26.2 Å². The third-order valence-electron chi connectivity index (χ3n) is 1.50. The van der Waals surface area contributed by atoms with Crippen molar-refractivity contribution in [2.45, 2.75) is 32.3 Å². The molecule has 0 aromatic heterocycles. The van der Waals surface area contributed by atoms with Crippen LogP contribution in [0.25, 0.3) is 0 Å². The highest BCUT2D eigenvalue weighted by Crippen LogP contribution is 2.04. The maximum absolute atomic E-state index is 10.7. The first-order valence-electron chi connectivity index (χ1n) is 4.14. The number of allylic oxidation sites excluding steroid dienone is 1. The van der Waals surface area contributed by atoms with E-state index in [1.165, 1.54) is 6.08 Å². The van der Waals surface area contributed by atoms with E-state index in [0.29, 0.717) is 0 Å². The number of esters is 1. The Bertz CT molecular complexity index is 161. The average Bonchev–Trinajstić information content (AvgIpc) is 2.05. The van der Waals surface area contributed by atoms with E-state index in [4.69, 9.17) is 4.74 Å². The second kappa shape index (κ2) is 6.65. The second-order valence-corrected chi connectivity index (χ2v) is 2.67. The van der Waals surface area contributed by atoms with Crippen molar-refractivity contribution in [3.63, 3.8) is 0 Å². The largest absolute Gasteiger partial charge is 0.460 e. The lowest BCUT2D eigenvalue weighted by molar-refractivity contribution is -0.142. The van der Waals surface area contributed by atoms with Crippen molar-refractivity contribution in [1.29, 1.82) is 0 Å². The SMILES string of the molecule is C=CCCC[C@@H](C)OC(=O)C=C. The molecular weight excluding hydrogens is 152 g/mol. The average molecular weight is 168 g/mol. The van der Waals surface area contributed by atoms with Gasteiger partial charge >= 0.3 is 5.97 Å². The van der Waals surface area contributed by atoms with E-state index in [1.807, 2.05) is 13.0 Å². The molecule has 0 N–H and O–H groups in total. The molecule has 0 saturated heterocycles. The van der Waals surface area contributed by atoms with Gasteiger partial charge in [-0.25, -0.2) is 4.79 Å². The summed E-state index contributed by atoms with van der Waals surface area (Å²) in [5, 5.41) is 0. The topological polar surface area (TPSA) is 26.3 Å². The highest BCUT2D eigenvalue weighted by atomic mass is 16.5. The van der Waals surface area contributed by atoms with Crippen molar-refractivity contribution in [3.05, 3.63) is 25.3 Å². The van der Waals surface area contributed by atoms with Gasteiger partial charge in [-0.2, -0.15) is 0 Å². The Labute approximate surface area is 73.9 Å². The Morgan fingerprint density at radius 2 is 2.25 bits per heavy atom. The third kappa shape index (κ3) is 5.71. The zero-order chi connectivity index (χ0) is 9.40. The highest BCUT2D eigenvalue weighted by Gasteiger charge is 2.04. The van der Waals surface area contributed by atoms with Crippen LogP contribution in [-0.2, 0) is 9.53 Å². The van der Waals surface area contributed by atoms with Crippen molar-refractivity contribution in [3.8, 4) is 0 Å². The number of hydrogen-bond donors (Lipinski definition) is 0. The number of carbonyl (C=O) groups is 1. The first-order valence-corrected chi connectivity index (χ1v) is 4.14. The van der Waals surface area contributed by atoms with Gasteiger partial charge in [-0.15, -0.1) is 6.58 Å². The first kappa shape index (κ1) is 11.0. The van der Waals surface area contributed by atoms with Gasteiger partial charge in [0.1, 0.15) is 0 Å². The van der Waals surface area contributed by atoms with E-state index in [2.05, 4.69) is 13.2 Å². The Balaban J connectivity index is 3.44. The van der Waals surface area contributed by atoms with Crippen LogP contribution in [0.5, 0.6) is 0 Å². The van der Waals surface area contributed by atoms with Crippen molar-refractivity contribution in [2.24, 2.45) is 0 Å². The molecule has 1 atom stereocenters. The lowest BCUT2D eigenvalue weighted by atomic mass is 10.2. The van der Waals surface area contributed by atoms with Crippen LogP contribution in [-0.4, -0.2) is 12.1 Å². The van der Waals surface area contributed by atoms with Crippen LogP contribution >= 0.6 is 0 Å². The van der Waals surface area contributed by atoms with E-state index in [0.717, 1.165) is 19.3 Å². The van der Waals surface area contributed by atoms with Crippen LogP contribution in [0, 0.1) is 0 Å². The lowest BCUT2D eigenvalue weighted by Crippen LogP contribution is -2.12. The molecule has 0 amide bonds. The predicted octanol–water partition coefficient (Wildman–Crippen LogP) is 2.46. The summed E-state index contributed by atoms with van der Waals surface area (Å²) >= 11 is 0. The summed E-state index contributed by atoms with van der Waals surface area (Å²) < 4.78 is 4.95. The number of hydrogen-bond acceptors (Lipinski definition) is 2. The van der Waals surface area contributed by atoms with Crippen LogP contribution in [0.2, 0.25) is 0 Å². The zero-order valence-corrected chi connectivity index (χ0v) is 7.58. The molecule has 0 spiro atoms. The number of rotatable bonds is 6. The molecule has 68 valence electrons. The molecule has 0 aromatic rings. The summed E-state index contributed by atoms with van der Waals surface area (Å²) in [7, 11) is 0. The van der Waals surface area contributed by atoms with Crippen molar-refractivity contribution >= 4 is 5.97 Å². The van der Waals surface area contributed by atoms with Gasteiger partial charge in [0.05, 0.1) is 6.10 Å². The molecule has 12 heavy (non-hydrogen) atoms. The molecule has 0 heterocycles. The van der Waals surface area contributed by atoms with Crippen LogP contribution < -0.4 is 0 Å². The zero-order valence-electron chi connectivity index (χ0n) is 7.58. The molecule has 2 nitrogen and oxygen atoms in total. The van der Waals surface area contributed by atoms with E-state index >= 15 is 0 Å². The molecule has 0 unspecified atom stereocenters. The van der Waals surface area contributed by atoms with Crippen LogP contribution in [0.3, 0.4) is 0 Å². The van der Waals surface area contributed by atoms with Gasteiger partial charge in [0, 0.05) is 6.08 Å². The second-order valence-electron chi connectivity index (χ2n) is 2.67. The minimum absolute atomic E-state index is 0.0181. The fraction of sp³-hybridized carbons (Fsp3) is 0.500. The smallest absolute Gasteiger partial charge is 0.330 e. The minimum Gasteiger partial charge on any atom is -0.460 e. The van der Waals surface area contributed by atoms with Crippen molar-refractivity contribution in [1.82, 2.24) is 0 Å². The molecule has 0 aliphatic rings. The molecule has 0 aliphatic carbocycles. The number of unbranched alkanes of at least 4 members (excludes halogenated alkanes) is 1. The van der Waals surface area contributed by atoms with E-state index < -0.39 is 0 Å². The Morgan fingerprint density at radius 1 is 1.58 bits per heavy atom. The van der Waals surface area contributed by atoms with E-state index in [-0.39, 0.29) is 12.1 Å². The number of carbonyl (C=O) groups excluding carboxylic acids is 1. The van der Waals surface area contributed by atoms with Crippen LogP contribution in [0.15, 0.2) is 25.3 Å². The fourth-order valence-corrected chi connectivity index (χ4v) is 0.855. The standard InChI is InChI=1S/C10H16O2/c1-4-6-7-8-9(3)12-10(11)5-2/h4-5,9H,1-2,6-8H2,3H3/t9-/m1/s1. The summed E-state index contributed by atoms with van der Waals surface area (Å²) in [6.45, 7) is 8.81. The van der Waals surface area contributed by atoms with Gasteiger partial charge in [-0.1, -0.05) is 12.7 Å². The molecule has 0 saturated carbocycles. The summed E-state index contributed by atoms with van der Waals surface area (Å²) in [5.41, 5.74) is 0. The monoisotopic (exact) mass is 168 g/mol. The van der Waals surface area contributed by atoms with Gasteiger partial charge in [-0.3, -0.25) is 0 Å². The lowest BCUT2D eigenvalue weighted by Gasteiger charge is -2.10. The predicted molar refractivity (Wildman–Crippen MR) is 49.8 cm³/mol. The molecule has 2 heteroatoms. The van der Waals surface area contributed by atoms with Gasteiger partial charge < -0.3 is 4.74 Å². The summed E-state index contributed by atoms with van der Waals surface area (Å²) in [5.74, 6) is -0.346. The number of ether oxygens (including phenoxy) is 1. The van der Waals surface area contributed by atoms with E-state index in [9.17, 15) is 4.79 Å². The van der Waals surface area contributed by atoms with Crippen molar-refractivity contribution < 1.29 is 9.53 Å². The van der Waals surface area contributed by atoms with Gasteiger partial charge in [0.2, 0.25) is 0 Å². The van der Waals surface area contributed by atoms with E-state index in [1.54, 1.807) is 0 Å². The normalized spacial score (nSPS) is 11.8. The molecule has 0 bridgehead atoms.